The topological polar surface area (TPSA) is 102 Å². The van der Waals surface area contributed by atoms with Crippen LogP contribution in [0.2, 0.25) is 0 Å². The van der Waals surface area contributed by atoms with Crippen molar-refractivity contribution in [3.8, 4) is 0 Å². The molecule has 0 radical (unpaired) electrons. The van der Waals surface area contributed by atoms with E-state index in [1.165, 1.54) is 21.1 Å². The van der Waals surface area contributed by atoms with Crippen LogP contribution in [0.3, 0.4) is 0 Å². The van der Waals surface area contributed by atoms with Crippen LogP contribution < -0.4 is 0 Å². The van der Waals surface area contributed by atoms with E-state index < -0.39 is 22.1 Å². The maximum Gasteiger partial charge on any atom is 0.344 e. The standard InChI is InChI=1S/C15H16N2O6S/c1-10-13(8-17(2)24(20,21)16-10)15(19)23-9-11-5-4-6-12(7-11)14(18)22-3/h4-8H,9H2,1-3H3. The highest BCUT2D eigenvalue weighted by Gasteiger charge is 2.26. The van der Waals surface area contributed by atoms with E-state index in [1.807, 2.05) is 0 Å². The maximum absolute atomic E-state index is 12.1. The molecule has 0 aliphatic carbocycles. The molecule has 0 atom stereocenters. The highest BCUT2D eigenvalue weighted by atomic mass is 32.2. The SMILES string of the molecule is COC(=O)c1cccc(COC(=O)C2=CN(C)S(=O)(=O)N=C2C)c1. The molecule has 0 saturated carbocycles. The molecule has 0 saturated heterocycles. The van der Waals surface area contributed by atoms with Crippen molar-refractivity contribution in [1.29, 1.82) is 0 Å². The quantitative estimate of drug-likeness (QED) is 0.751. The van der Waals surface area contributed by atoms with Gasteiger partial charge in [0, 0.05) is 13.2 Å². The minimum absolute atomic E-state index is 0.0523. The van der Waals surface area contributed by atoms with Gasteiger partial charge in [0.2, 0.25) is 0 Å². The van der Waals surface area contributed by atoms with Gasteiger partial charge in [-0.25, -0.2) is 9.59 Å². The second kappa shape index (κ2) is 6.83. The number of rotatable bonds is 4. The summed E-state index contributed by atoms with van der Waals surface area (Å²) >= 11 is 0. The number of carbonyl (C=O) groups excluding carboxylic acids is 2. The van der Waals surface area contributed by atoms with Gasteiger partial charge in [0.15, 0.2) is 0 Å². The predicted octanol–water partition coefficient (Wildman–Crippen LogP) is 1.05. The molecule has 8 nitrogen and oxygen atoms in total. The largest absolute Gasteiger partial charge is 0.465 e. The van der Waals surface area contributed by atoms with Crippen molar-refractivity contribution >= 4 is 27.9 Å². The second-order valence-corrected chi connectivity index (χ2v) is 6.64. The third-order valence-electron chi connectivity index (χ3n) is 3.25. The van der Waals surface area contributed by atoms with E-state index in [0.29, 0.717) is 11.1 Å². The highest BCUT2D eigenvalue weighted by molar-refractivity contribution is 7.88. The molecule has 0 fully saturated rings. The van der Waals surface area contributed by atoms with Crippen molar-refractivity contribution in [2.75, 3.05) is 14.2 Å². The zero-order valence-electron chi connectivity index (χ0n) is 13.3. The van der Waals surface area contributed by atoms with E-state index >= 15 is 0 Å². The molecule has 0 unspecified atom stereocenters. The van der Waals surface area contributed by atoms with Gasteiger partial charge in [-0.1, -0.05) is 12.1 Å². The Balaban J connectivity index is 2.09. The molecule has 1 aliphatic heterocycles. The van der Waals surface area contributed by atoms with Crippen molar-refractivity contribution in [3.05, 3.63) is 47.2 Å². The zero-order valence-corrected chi connectivity index (χ0v) is 14.2. The van der Waals surface area contributed by atoms with Crippen LogP contribution in [0.5, 0.6) is 0 Å². The fourth-order valence-corrected chi connectivity index (χ4v) is 2.77. The average molecular weight is 352 g/mol. The van der Waals surface area contributed by atoms with Gasteiger partial charge in [-0.2, -0.15) is 8.42 Å². The lowest BCUT2D eigenvalue weighted by Gasteiger charge is -2.19. The molecule has 2 rings (SSSR count). The number of esters is 2. The summed E-state index contributed by atoms with van der Waals surface area (Å²) in [5.74, 6) is -1.20. The van der Waals surface area contributed by atoms with Gasteiger partial charge < -0.3 is 9.47 Å². The molecule has 1 aliphatic rings. The summed E-state index contributed by atoms with van der Waals surface area (Å²) in [4.78, 5) is 23.6. The molecule has 1 heterocycles. The number of carbonyl (C=O) groups is 2. The molecule has 0 amide bonds. The zero-order chi connectivity index (χ0) is 17.9. The van der Waals surface area contributed by atoms with E-state index in [4.69, 9.17) is 4.74 Å². The first-order valence-corrected chi connectivity index (χ1v) is 8.25. The maximum atomic E-state index is 12.1. The molecule has 0 N–H and O–H groups in total. The normalized spacial score (nSPS) is 16.0. The fraction of sp³-hybridized carbons (Fsp3) is 0.267. The second-order valence-electron chi connectivity index (χ2n) is 4.98. The van der Waals surface area contributed by atoms with E-state index in [2.05, 4.69) is 9.13 Å². The van der Waals surface area contributed by atoms with Gasteiger partial charge in [-0.05, 0) is 24.6 Å². The third kappa shape index (κ3) is 3.80. The van der Waals surface area contributed by atoms with Crippen LogP contribution in [0.15, 0.2) is 40.4 Å². The monoisotopic (exact) mass is 352 g/mol. The third-order valence-corrected chi connectivity index (χ3v) is 4.59. The Kier molecular flexibility index (Phi) is 5.03. The molecular weight excluding hydrogens is 336 g/mol. The van der Waals surface area contributed by atoms with Crippen LogP contribution in [0, 0.1) is 0 Å². The smallest absolute Gasteiger partial charge is 0.344 e. The fourth-order valence-electron chi connectivity index (χ4n) is 1.96. The Bertz CT molecular complexity index is 841. The van der Waals surface area contributed by atoms with Crippen LogP contribution in [0.4, 0.5) is 0 Å². The summed E-state index contributed by atoms with van der Waals surface area (Å²) in [7, 11) is -1.23. The summed E-state index contributed by atoms with van der Waals surface area (Å²) in [6.45, 7) is 1.33. The summed E-state index contributed by atoms with van der Waals surface area (Å²) in [5.41, 5.74) is 1.04. The summed E-state index contributed by atoms with van der Waals surface area (Å²) < 4.78 is 37.2. The Morgan fingerprint density at radius 1 is 1.25 bits per heavy atom. The molecule has 24 heavy (non-hydrogen) atoms. The van der Waals surface area contributed by atoms with E-state index in [1.54, 1.807) is 24.3 Å². The van der Waals surface area contributed by atoms with Crippen molar-refractivity contribution in [2.24, 2.45) is 4.40 Å². The van der Waals surface area contributed by atoms with Crippen LogP contribution in [-0.4, -0.2) is 44.5 Å². The number of nitrogens with zero attached hydrogens (tertiary/aromatic N) is 2. The number of hydrogen-bond donors (Lipinski definition) is 0. The first-order valence-electron chi connectivity index (χ1n) is 6.85. The number of ether oxygens (including phenoxy) is 2. The van der Waals surface area contributed by atoms with Crippen molar-refractivity contribution in [1.82, 2.24) is 4.31 Å². The lowest BCUT2D eigenvalue weighted by molar-refractivity contribution is -0.139. The van der Waals surface area contributed by atoms with Gasteiger partial charge in [-0.15, -0.1) is 4.40 Å². The van der Waals surface area contributed by atoms with Gasteiger partial charge in [0.25, 0.3) is 0 Å². The van der Waals surface area contributed by atoms with E-state index in [9.17, 15) is 18.0 Å². The summed E-state index contributed by atoms with van der Waals surface area (Å²) in [6, 6.07) is 6.46. The summed E-state index contributed by atoms with van der Waals surface area (Å²) in [5, 5.41) is 0. The molecule has 1 aromatic rings. The molecule has 0 aromatic heterocycles. The lowest BCUT2D eigenvalue weighted by atomic mass is 10.1. The average Bonchev–Trinajstić information content (AvgIpc) is 2.55. The molecule has 0 bridgehead atoms. The number of benzene rings is 1. The molecular formula is C15H16N2O6S. The lowest BCUT2D eigenvalue weighted by Crippen LogP contribution is -2.29. The van der Waals surface area contributed by atoms with Crippen molar-refractivity contribution < 1.29 is 27.5 Å². The molecule has 9 heteroatoms. The van der Waals surface area contributed by atoms with E-state index in [-0.39, 0.29) is 17.9 Å². The summed E-state index contributed by atoms with van der Waals surface area (Å²) in [6.07, 6.45) is 1.16. The minimum atomic E-state index is -3.78. The first kappa shape index (κ1) is 17.7. The van der Waals surface area contributed by atoms with Crippen molar-refractivity contribution in [2.45, 2.75) is 13.5 Å². The van der Waals surface area contributed by atoms with Crippen LogP contribution >= 0.6 is 0 Å². The Hall–Kier alpha value is -2.68. The first-order chi connectivity index (χ1) is 11.2. The molecule has 1 aromatic carbocycles. The van der Waals surface area contributed by atoms with Gasteiger partial charge >= 0.3 is 22.1 Å². The van der Waals surface area contributed by atoms with Gasteiger partial charge in [-0.3, -0.25) is 4.31 Å². The minimum Gasteiger partial charge on any atom is -0.465 e. The number of hydrogen-bond acceptors (Lipinski definition) is 6. The van der Waals surface area contributed by atoms with E-state index in [0.717, 1.165) is 10.5 Å². The molecule has 128 valence electrons. The Labute approximate surface area is 139 Å². The van der Waals surface area contributed by atoms with Crippen molar-refractivity contribution in [3.63, 3.8) is 0 Å². The van der Waals surface area contributed by atoms with Crippen LogP contribution in [0.25, 0.3) is 0 Å². The van der Waals surface area contributed by atoms with Gasteiger partial charge in [0.1, 0.15) is 6.61 Å². The highest BCUT2D eigenvalue weighted by Crippen LogP contribution is 2.16. The Morgan fingerprint density at radius 3 is 2.62 bits per heavy atom. The number of methoxy groups -OCH3 is 1. The predicted molar refractivity (Wildman–Crippen MR) is 85.5 cm³/mol. The molecule has 0 spiro atoms. The Morgan fingerprint density at radius 2 is 1.96 bits per heavy atom. The van der Waals surface area contributed by atoms with Crippen LogP contribution in [0.1, 0.15) is 22.8 Å². The van der Waals surface area contributed by atoms with Gasteiger partial charge in [0.05, 0.1) is 24.0 Å². The van der Waals surface area contributed by atoms with Crippen LogP contribution in [-0.2, 0) is 31.1 Å².